The molecular formula is C20H20ClFN2O4. The summed E-state index contributed by atoms with van der Waals surface area (Å²) in [5.74, 6) is -0.856. The van der Waals surface area contributed by atoms with Crippen LogP contribution in [0.3, 0.4) is 0 Å². The van der Waals surface area contributed by atoms with Crippen molar-refractivity contribution in [3.63, 3.8) is 0 Å². The van der Waals surface area contributed by atoms with E-state index in [-0.39, 0.29) is 19.8 Å². The van der Waals surface area contributed by atoms with Gasteiger partial charge in [0.25, 0.3) is 5.91 Å². The molecule has 0 aromatic heterocycles. The minimum Gasteiger partial charge on any atom is -0.389 e. The lowest BCUT2D eigenvalue weighted by Crippen LogP contribution is -2.40. The summed E-state index contributed by atoms with van der Waals surface area (Å²) in [7, 11) is 0. The molecule has 0 radical (unpaired) electrons. The van der Waals surface area contributed by atoms with E-state index in [0.29, 0.717) is 10.7 Å². The number of anilines is 1. The normalized spacial score (nSPS) is 18.1. The molecule has 2 aromatic carbocycles. The quantitative estimate of drug-likeness (QED) is 0.717. The van der Waals surface area contributed by atoms with Gasteiger partial charge in [-0.2, -0.15) is 0 Å². The Morgan fingerprint density at radius 3 is 2.43 bits per heavy atom. The first-order valence-corrected chi connectivity index (χ1v) is 9.15. The van der Waals surface area contributed by atoms with E-state index in [1.807, 2.05) is 12.1 Å². The Balaban J connectivity index is 1.57. The van der Waals surface area contributed by atoms with Crippen LogP contribution in [0.25, 0.3) is 0 Å². The molecule has 2 atom stereocenters. The van der Waals surface area contributed by atoms with E-state index in [1.54, 1.807) is 19.1 Å². The number of aliphatic hydroxyl groups excluding tert-OH is 1. The molecule has 3 amide bonds. The summed E-state index contributed by atoms with van der Waals surface area (Å²) >= 11 is 5.82. The van der Waals surface area contributed by atoms with Gasteiger partial charge in [0.15, 0.2) is 0 Å². The van der Waals surface area contributed by atoms with Gasteiger partial charge in [0, 0.05) is 10.7 Å². The molecule has 6 nitrogen and oxygen atoms in total. The van der Waals surface area contributed by atoms with Crippen LogP contribution < -0.4 is 4.90 Å². The summed E-state index contributed by atoms with van der Waals surface area (Å²) in [6.07, 6.45) is -1.03. The highest BCUT2D eigenvalue weighted by atomic mass is 35.5. The van der Waals surface area contributed by atoms with Crippen molar-refractivity contribution in [1.82, 2.24) is 4.90 Å². The van der Waals surface area contributed by atoms with Crippen LogP contribution in [0.5, 0.6) is 0 Å². The first-order chi connectivity index (χ1) is 13.4. The van der Waals surface area contributed by atoms with Gasteiger partial charge in [0.1, 0.15) is 11.9 Å². The molecule has 1 aliphatic heterocycles. The molecule has 1 N–H and O–H groups in total. The molecule has 0 spiro atoms. The number of imide groups is 1. The third-order valence-electron chi connectivity index (χ3n) is 4.44. The van der Waals surface area contributed by atoms with Gasteiger partial charge >= 0.3 is 6.03 Å². The monoisotopic (exact) mass is 406 g/mol. The summed E-state index contributed by atoms with van der Waals surface area (Å²) in [5, 5.41) is 10.8. The highest BCUT2D eigenvalue weighted by molar-refractivity contribution is 6.30. The molecule has 2 aromatic rings. The van der Waals surface area contributed by atoms with E-state index < -0.39 is 29.9 Å². The average molecular weight is 407 g/mol. The Hall–Kier alpha value is -2.48. The van der Waals surface area contributed by atoms with Gasteiger partial charge in [-0.25, -0.2) is 9.18 Å². The van der Waals surface area contributed by atoms with Gasteiger partial charge in [-0.15, -0.1) is 0 Å². The van der Waals surface area contributed by atoms with Gasteiger partial charge < -0.3 is 9.84 Å². The van der Waals surface area contributed by atoms with Crippen LogP contribution >= 0.6 is 11.6 Å². The van der Waals surface area contributed by atoms with Crippen LogP contribution in [0.15, 0.2) is 48.5 Å². The number of amides is 3. The molecule has 1 fully saturated rings. The lowest BCUT2D eigenvalue weighted by Gasteiger charge is -2.20. The minimum atomic E-state index is -1.03. The molecule has 1 saturated heterocycles. The second kappa shape index (κ2) is 8.68. The van der Waals surface area contributed by atoms with Crippen LogP contribution in [-0.2, 0) is 16.1 Å². The Kier molecular flexibility index (Phi) is 6.28. The van der Waals surface area contributed by atoms with Crippen molar-refractivity contribution in [3.8, 4) is 0 Å². The predicted molar refractivity (Wildman–Crippen MR) is 103 cm³/mol. The third kappa shape index (κ3) is 4.49. The minimum absolute atomic E-state index is 0.0371. The summed E-state index contributed by atoms with van der Waals surface area (Å²) in [5.41, 5.74) is 1.31. The van der Waals surface area contributed by atoms with E-state index in [2.05, 4.69) is 0 Å². The van der Waals surface area contributed by atoms with Crippen molar-refractivity contribution < 1.29 is 23.8 Å². The van der Waals surface area contributed by atoms with Crippen molar-refractivity contribution in [2.24, 2.45) is 0 Å². The highest BCUT2D eigenvalue weighted by Gasteiger charge is 2.43. The van der Waals surface area contributed by atoms with Crippen molar-refractivity contribution in [2.75, 3.05) is 18.1 Å². The number of aliphatic hydroxyl groups is 1. The maximum absolute atomic E-state index is 13.1. The van der Waals surface area contributed by atoms with E-state index in [1.165, 1.54) is 29.2 Å². The number of hydrogen-bond donors (Lipinski definition) is 1. The van der Waals surface area contributed by atoms with Crippen molar-refractivity contribution in [3.05, 3.63) is 64.9 Å². The molecule has 0 aliphatic carbocycles. The number of nitrogens with zero attached hydrogens (tertiary/aromatic N) is 2. The van der Waals surface area contributed by atoms with Crippen molar-refractivity contribution in [2.45, 2.75) is 25.7 Å². The first kappa shape index (κ1) is 20.3. The zero-order valence-corrected chi connectivity index (χ0v) is 16.0. The van der Waals surface area contributed by atoms with Crippen molar-refractivity contribution >= 4 is 29.2 Å². The highest BCUT2D eigenvalue weighted by Crippen LogP contribution is 2.26. The fourth-order valence-electron chi connectivity index (χ4n) is 2.99. The van der Waals surface area contributed by atoms with Gasteiger partial charge in [0.05, 0.1) is 25.9 Å². The van der Waals surface area contributed by atoms with Gasteiger partial charge in [0.2, 0.25) is 0 Å². The Morgan fingerprint density at radius 1 is 1.14 bits per heavy atom. The Morgan fingerprint density at radius 2 is 1.79 bits per heavy atom. The zero-order valence-electron chi connectivity index (χ0n) is 15.2. The number of carbonyl (C=O) groups excluding carboxylic acids is 2. The fraction of sp³-hybridized carbons (Fsp3) is 0.300. The lowest BCUT2D eigenvalue weighted by molar-refractivity contribution is -0.128. The zero-order chi connectivity index (χ0) is 20.3. The number of ether oxygens (including phenoxy) is 1. The fourth-order valence-corrected chi connectivity index (χ4v) is 3.11. The summed E-state index contributed by atoms with van der Waals surface area (Å²) in [4.78, 5) is 27.4. The molecule has 1 heterocycles. The first-order valence-electron chi connectivity index (χ1n) is 8.77. The number of urea groups is 1. The second-order valence-electron chi connectivity index (χ2n) is 6.55. The average Bonchev–Trinajstić information content (AvgIpc) is 2.88. The molecule has 2 unspecified atom stereocenters. The summed E-state index contributed by atoms with van der Waals surface area (Å²) in [6.45, 7) is 1.65. The van der Waals surface area contributed by atoms with E-state index in [9.17, 15) is 19.1 Å². The van der Waals surface area contributed by atoms with Gasteiger partial charge in [-0.3, -0.25) is 14.6 Å². The molecule has 3 rings (SSSR count). The number of hydrogen-bond acceptors (Lipinski definition) is 4. The van der Waals surface area contributed by atoms with Crippen LogP contribution in [0.2, 0.25) is 5.02 Å². The lowest BCUT2D eigenvalue weighted by atomic mass is 10.2. The van der Waals surface area contributed by atoms with Crippen LogP contribution in [0, 0.1) is 5.82 Å². The molecule has 0 saturated carbocycles. The largest absolute Gasteiger partial charge is 0.389 e. The van der Waals surface area contributed by atoms with Crippen LogP contribution in [0.1, 0.15) is 12.5 Å². The van der Waals surface area contributed by atoms with Gasteiger partial charge in [-0.05, 0) is 48.9 Å². The second-order valence-corrected chi connectivity index (χ2v) is 6.99. The molecular weight excluding hydrogens is 387 g/mol. The topological polar surface area (TPSA) is 70.1 Å². The molecule has 8 heteroatoms. The van der Waals surface area contributed by atoms with Crippen LogP contribution in [-0.4, -0.2) is 47.2 Å². The Bertz CT molecular complexity index is 844. The van der Waals surface area contributed by atoms with E-state index in [4.69, 9.17) is 16.3 Å². The maximum atomic E-state index is 13.1. The number of benzene rings is 2. The smallest absolute Gasteiger partial charge is 0.332 e. The molecule has 1 aliphatic rings. The van der Waals surface area contributed by atoms with Crippen molar-refractivity contribution in [1.29, 1.82) is 0 Å². The number of carbonyl (C=O) groups is 2. The number of rotatable bonds is 7. The van der Waals surface area contributed by atoms with Crippen LogP contribution in [0.4, 0.5) is 14.9 Å². The molecule has 28 heavy (non-hydrogen) atoms. The third-order valence-corrected chi connectivity index (χ3v) is 4.69. The van der Waals surface area contributed by atoms with E-state index >= 15 is 0 Å². The Labute approximate surface area is 167 Å². The predicted octanol–water partition coefficient (Wildman–Crippen LogP) is 3.21. The van der Waals surface area contributed by atoms with Gasteiger partial charge in [-0.1, -0.05) is 23.7 Å². The summed E-state index contributed by atoms with van der Waals surface area (Å²) < 4.78 is 18.6. The molecule has 0 bridgehead atoms. The maximum Gasteiger partial charge on any atom is 0.332 e. The standard InChI is InChI=1S/C20H20ClFN2O4/c1-13-19(26)23(20(27)24(13)17-8-6-16(22)7-9-17)10-18(25)12-28-11-14-2-4-15(21)5-3-14/h2-9,13,18,25H,10-12H2,1H3. The summed E-state index contributed by atoms with van der Waals surface area (Å²) in [6, 6.07) is 11.1. The SMILES string of the molecule is CC1C(=O)N(CC(O)COCc2ccc(Cl)cc2)C(=O)N1c1ccc(F)cc1. The molecule has 148 valence electrons. The number of β-amino-alcohol motifs (C(OH)–C–C–N with tert-alkyl or cyclic N) is 1. The number of halogens is 2. The van der Waals surface area contributed by atoms with E-state index in [0.717, 1.165) is 10.5 Å².